The van der Waals surface area contributed by atoms with Crippen molar-refractivity contribution in [2.45, 2.75) is 52.9 Å². The summed E-state index contributed by atoms with van der Waals surface area (Å²) in [6.07, 6.45) is 12.4. The molecule has 0 bridgehead atoms. The molecule has 0 spiro atoms. The van der Waals surface area contributed by atoms with Crippen LogP contribution in [0.25, 0.3) is 0 Å². The van der Waals surface area contributed by atoms with Gasteiger partial charge in [-0.05, 0) is 42.4 Å². The van der Waals surface area contributed by atoms with E-state index < -0.39 is 0 Å². The van der Waals surface area contributed by atoms with Gasteiger partial charge in [0.25, 0.3) is 0 Å². The first kappa shape index (κ1) is 11.1. The topological polar surface area (TPSA) is 0 Å². The van der Waals surface area contributed by atoms with Crippen LogP contribution in [0.3, 0.4) is 0 Å². The lowest BCUT2D eigenvalue weighted by Gasteiger charge is -2.27. The van der Waals surface area contributed by atoms with Gasteiger partial charge in [0.2, 0.25) is 0 Å². The quantitative estimate of drug-likeness (QED) is 0.607. The predicted molar refractivity (Wildman–Crippen MR) is 65.3 cm³/mol. The van der Waals surface area contributed by atoms with Crippen LogP contribution >= 0.6 is 0 Å². The van der Waals surface area contributed by atoms with Crippen LogP contribution in [-0.2, 0) is 0 Å². The molecule has 15 heavy (non-hydrogen) atoms. The molecule has 0 N–H and O–H groups in total. The first-order chi connectivity index (χ1) is 7.12. The van der Waals surface area contributed by atoms with Crippen LogP contribution < -0.4 is 0 Å². The van der Waals surface area contributed by atoms with E-state index in [9.17, 15) is 0 Å². The van der Waals surface area contributed by atoms with Crippen LogP contribution in [0.2, 0.25) is 0 Å². The van der Waals surface area contributed by atoms with Crippen LogP contribution in [0.15, 0.2) is 0 Å². The van der Waals surface area contributed by atoms with Crippen LogP contribution in [0.1, 0.15) is 52.9 Å². The van der Waals surface area contributed by atoms with E-state index in [1.165, 1.54) is 32.1 Å². The SMILES string of the molecule is C#CC1CCC2C(C1CCCC)C2(C)C. The van der Waals surface area contributed by atoms with Gasteiger partial charge in [0.1, 0.15) is 0 Å². The molecule has 0 aromatic carbocycles. The maximum Gasteiger partial charge on any atom is 0.0231 e. The highest BCUT2D eigenvalue weighted by Crippen LogP contribution is 2.68. The normalized spacial score (nSPS) is 41.7. The van der Waals surface area contributed by atoms with Crippen molar-refractivity contribution in [3.8, 4) is 12.3 Å². The third kappa shape index (κ3) is 1.71. The Morgan fingerprint density at radius 1 is 1.33 bits per heavy atom. The van der Waals surface area contributed by atoms with E-state index in [0.717, 1.165) is 17.8 Å². The first-order valence-corrected chi connectivity index (χ1v) is 6.59. The van der Waals surface area contributed by atoms with Gasteiger partial charge in [-0.3, -0.25) is 0 Å². The van der Waals surface area contributed by atoms with Gasteiger partial charge in [-0.2, -0.15) is 0 Å². The Hall–Kier alpha value is -0.440. The molecule has 0 radical (unpaired) electrons. The van der Waals surface area contributed by atoms with E-state index in [2.05, 4.69) is 26.7 Å². The van der Waals surface area contributed by atoms with Crippen molar-refractivity contribution in [2.75, 3.05) is 0 Å². The molecule has 0 aliphatic heterocycles. The summed E-state index contributed by atoms with van der Waals surface area (Å²) in [5, 5.41) is 0. The van der Waals surface area contributed by atoms with E-state index in [0.29, 0.717) is 11.3 Å². The van der Waals surface area contributed by atoms with Gasteiger partial charge in [-0.1, -0.05) is 33.6 Å². The molecule has 2 aliphatic carbocycles. The Balaban J connectivity index is 2.05. The maximum atomic E-state index is 5.68. The zero-order chi connectivity index (χ0) is 11.1. The zero-order valence-corrected chi connectivity index (χ0v) is 10.4. The average Bonchev–Trinajstić information content (AvgIpc) is 2.78. The van der Waals surface area contributed by atoms with Gasteiger partial charge < -0.3 is 0 Å². The molecule has 4 unspecified atom stereocenters. The van der Waals surface area contributed by atoms with Crippen LogP contribution in [0.5, 0.6) is 0 Å². The second kappa shape index (κ2) is 3.85. The van der Waals surface area contributed by atoms with Crippen LogP contribution in [0, 0.1) is 41.4 Å². The molecule has 2 saturated carbocycles. The number of unbranched alkanes of at least 4 members (excludes halogenated alkanes) is 1. The van der Waals surface area contributed by atoms with Gasteiger partial charge in [0.05, 0.1) is 0 Å². The van der Waals surface area contributed by atoms with Crippen molar-refractivity contribution in [1.82, 2.24) is 0 Å². The Bertz CT molecular complexity index is 268. The van der Waals surface area contributed by atoms with Crippen LogP contribution in [0.4, 0.5) is 0 Å². The molecule has 2 rings (SSSR count). The fourth-order valence-electron chi connectivity index (χ4n) is 4.04. The number of rotatable bonds is 3. The molecule has 0 aromatic rings. The molecular weight excluding hydrogens is 180 g/mol. The molecule has 2 aliphatic rings. The lowest BCUT2D eigenvalue weighted by atomic mass is 9.76. The van der Waals surface area contributed by atoms with E-state index in [-0.39, 0.29) is 0 Å². The molecule has 0 amide bonds. The van der Waals surface area contributed by atoms with E-state index in [4.69, 9.17) is 6.42 Å². The van der Waals surface area contributed by atoms with Crippen LogP contribution in [-0.4, -0.2) is 0 Å². The van der Waals surface area contributed by atoms with Crippen molar-refractivity contribution >= 4 is 0 Å². The Labute approximate surface area is 94.8 Å². The minimum absolute atomic E-state index is 0.583. The highest BCUT2D eigenvalue weighted by atomic mass is 14.7. The maximum absolute atomic E-state index is 5.68. The molecule has 0 saturated heterocycles. The van der Waals surface area contributed by atoms with Crippen molar-refractivity contribution < 1.29 is 0 Å². The number of fused-ring (bicyclic) bond motifs is 1. The van der Waals surface area contributed by atoms with Crippen molar-refractivity contribution in [3.63, 3.8) is 0 Å². The molecule has 4 atom stereocenters. The summed E-state index contributed by atoms with van der Waals surface area (Å²) in [6, 6.07) is 0. The summed E-state index contributed by atoms with van der Waals surface area (Å²) >= 11 is 0. The largest absolute Gasteiger partial charge is 0.120 e. The Morgan fingerprint density at radius 2 is 2.07 bits per heavy atom. The molecular formula is C15H24. The minimum Gasteiger partial charge on any atom is -0.120 e. The molecule has 84 valence electrons. The number of terminal acetylenes is 1. The minimum atomic E-state index is 0.583. The molecule has 0 nitrogen and oxygen atoms in total. The van der Waals surface area contributed by atoms with Gasteiger partial charge >= 0.3 is 0 Å². The lowest BCUT2D eigenvalue weighted by molar-refractivity contribution is 0.246. The summed E-state index contributed by atoms with van der Waals surface area (Å²) in [4.78, 5) is 0. The number of hydrogen-bond acceptors (Lipinski definition) is 0. The fraction of sp³-hybridized carbons (Fsp3) is 0.867. The van der Waals surface area contributed by atoms with Crippen molar-refractivity contribution in [2.24, 2.45) is 29.1 Å². The van der Waals surface area contributed by atoms with Gasteiger partial charge in [-0.25, -0.2) is 0 Å². The average molecular weight is 204 g/mol. The number of hydrogen-bond donors (Lipinski definition) is 0. The monoisotopic (exact) mass is 204 g/mol. The summed E-state index contributed by atoms with van der Waals surface area (Å²) in [7, 11) is 0. The lowest BCUT2D eigenvalue weighted by Crippen LogP contribution is -2.21. The smallest absolute Gasteiger partial charge is 0.0231 e. The first-order valence-electron chi connectivity index (χ1n) is 6.59. The third-order valence-electron chi connectivity index (χ3n) is 5.01. The van der Waals surface area contributed by atoms with E-state index >= 15 is 0 Å². The van der Waals surface area contributed by atoms with Gasteiger partial charge in [-0.15, -0.1) is 12.3 Å². The summed E-state index contributed by atoms with van der Waals surface area (Å²) in [5.74, 6) is 6.41. The molecule has 2 fully saturated rings. The standard InChI is InChI=1S/C15H24/c1-5-7-8-12-11(6-2)9-10-13-14(12)15(13,3)4/h2,11-14H,5,7-10H2,1,3-4H3. The summed E-state index contributed by atoms with van der Waals surface area (Å²) in [5.41, 5.74) is 0.601. The summed E-state index contributed by atoms with van der Waals surface area (Å²) < 4.78 is 0. The highest BCUT2D eigenvalue weighted by molar-refractivity contribution is 5.15. The third-order valence-corrected chi connectivity index (χ3v) is 5.01. The van der Waals surface area contributed by atoms with Crippen molar-refractivity contribution in [3.05, 3.63) is 0 Å². The molecule has 0 heterocycles. The summed E-state index contributed by atoms with van der Waals surface area (Å²) in [6.45, 7) is 7.17. The fourth-order valence-corrected chi connectivity index (χ4v) is 4.04. The highest BCUT2D eigenvalue weighted by Gasteiger charge is 2.62. The zero-order valence-electron chi connectivity index (χ0n) is 10.4. The van der Waals surface area contributed by atoms with Crippen molar-refractivity contribution in [1.29, 1.82) is 0 Å². The van der Waals surface area contributed by atoms with Gasteiger partial charge in [0, 0.05) is 5.92 Å². The molecule has 0 heteroatoms. The predicted octanol–water partition coefficient (Wildman–Crippen LogP) is 4.11. The Kier molecular flexibility index (Phi) is 2.84. The van der Waals surface area contributed by atoms with Gasteiger partial charge in [0.15, 0.2) is 0 Å². The molecule has 0 aromatic heterocycles. The van der Waals surface area contributed by atoms with E-state index in [1.54, 1.807) is 0 Å². The second-order valence-corrected chi connectivity index (χ2v) is 6.11. The second-order valence-electron chi connectivity index (χ2n) is 6.11. The van der Waals surface area contributed by atoms with E-state index in [1.807, 2.05) is 0 Å². The Morgan fingerprint density at radius 3 is 2.67 bits per heavy atom.